The van der Waals surface area contributed by atoms with E-state index in [0.717, 1.165) is 0 Å². The third-order valence-electron chi connectivity index (χ3n) is 3.73. The number of nitrogens with one attached hydrogen (secondary N) is 2. The number of sulfonamides is 1. The van der Waals surface area contributed by atoms with Crippen LogP contribution in [0, 0.1) is 0 Å². The second-order valence-electron chi connectivity index (χ2n) is 5.63. The van der Waals surface area contributed by atoms with E-state index in [0.29, 0.717) is 17.1 Å². The molecule has 8 heteroatoms. The molecular weight excluding hydrogens is 356 g/mol. The molecule has 7 nitrogen and oxygen atoms in total. The number of para-hydroxylation sites is 1. The number of ether oxygens (including phenoxy) is 2. The van der Waals surface area contributed by atoms with Gasteiger partial charge in [0.2, 0.25) is 15.9 Å². The zero-order valence-electron chi connectivity index (χ0n) is 15.1. The monoisotopic (exact) mass is 378 g/mol. The Morgan fingerprint density at radius 3 is 2.31 bits per heavy atom. The molecule has 2 aromatic carbocycles. The predicted octanol–water partition coefficient (Wildman–Crippen LogP) is 2.70. The molecule has 0 radical (unpaired) electrons. The minimum atomic E-state index is -3.83. The summed E-state index contributed by atoms with van der Waals surface area (Å²) in [5, 5.41) is 2.56. The first-order valence-corrected chi connectivity index (χ1v) is 9.37. The number of rotatable bonds is 7. The summed E-state index contributed by atoms with van der Waals surface area (Å²) >= 11 is 0. The van der Waals surface area contributed by atoms with E-state index in [9.17, 15) is 13.2 Å². The topological polar surface area (TPSA) is 93.7 Å². The third-order valence-corrected chi connectivity index (χ3v) is 5.27. The molecule has 0 heterocycles. The van der Waals surface area contributed by atoms with Crippen molar-refractivity contribution >= 4 is 21.6 Å². The minimum absolute atomic E-state index is 0.0174. The lowest BCUT2D eigenvalue weighted by Gasteiger charge is -2.18. The number of amides is 1. The summed E-state index contributed by atoms with van der Waals surface area (Å²) < 4.78 is 38.5. The van der Waals surface area contributed by atoms with Gasteiger partial charge in [0.15, 0.2) is 0 Å². The van der Waals surface area contributed by atoms with Crippen molar-refractivity contribution < 1.29 is 22.7 Å². The van der Waals surface area contributed by atoms with Gasteiger partial charge in [0.05, 0.1) is 24.8 Å². The average molecular weight is 378 g/mol. The lowest BCUT2D eigenvalue weighted by Crippen LogP contribution is -2.27. The normalized spacial score (nSPS) is 12.3. The fraction of sp³-hybridized carbons (Fsp3) is 0.278. The molecule has 0 bridgehead atoms. The minimum Gasteiger partial charge on any atom is -0.496 e. The molecule has 0 saturated carbocycles. The van der Waals surface area contributed by atoms with E-state index < -0.39 is 16.1 Å². The molecule has 0 aromatic heterocycles. The summed E-state index contributed by atoms with van der Waals surface area (Å²) in [6.07, 6.45) is 0. The maximum Gasteiger partial charge on any atom is 0.241 e. The Balaban J connectivity index is 2.33. The molecule has 0 spiro atoms. The highest BCUT2D eigenvalue weighted by Gasteiger charge is 2.22. The van der Waals surface area contributed by atoms with Gasteiger partial charge in [0, 0.05) is 18.5 Å². The smallest absolute Gasteiger partial charge is 0.241 e. The second kappa shape index (κ2) is 8.20. The van der Waals surface area contributed by atoms with Crippen LogP contribution in [0.5, 0.6) is 11.5 Å². The standard InChI is InChI=1S/C18H22N2O5S/c1-12(15-7-5-6-8-17(15)24-3)20-26(22,23)14-9-10-18(25-4)16(11-14)19-13(2)21/h5-12,20H,1-4H3,(H,19,21). The number of carbonyl (C=O) groups excluding carboxylic acids is 1. The predicted molar refractivity (Wildman–Crippen MR) is 99.0 cm³/mol. The van der Waals surface area contributed by atoms with Crippen molar-refractivity contribution in [1.82, 2.24) is 4.72 Å². The number of methoxy groups -OCH3 is 2. The molecule has 0 aliphatic carbocycles. The molecule has 0 aliphatic rings. The fourth-order valence-electron chi connectivity index (χ4n) is 2.53. The van der Waals surface area contributed by atoms with Gasteiger partial charge in [-0.25, -0.2) is 13.1 Å². The van der Waals surface area contributed by atoms with Gasteiger partial charge in [0.25, 0.3) is 0 Å². The van der Waals surface area contributed by atoms with E-state index >= 15 is 0 Å². The van der Waals surface area contributed by atoms with E-state index in [4.69, 9.17) is 9.47 Å². The first-order chi connectivity index (χ1) is 12.3. The van der Waals surface area contributed by atoms with Crippen molar-refractivity contribution in [2.24, 2.45) is 0 Å². The largest absolute Gasteiger partial charge is 0.496 e. The Bertz CT molecular complexity index is 896. The molecule has 2 aromatic rings. The van der Waals surface area contributed by atoms with Crippen LogP contribution in [0.4, 0.5) is 5.69 Å². The molecule has 0 aliphatic heterocycles. The Hall–Kier alpha value is -2.58. The van der Waals surface area contributed by atoms with E-state index in [-0.39, 0.29) is 16.5 Å². The molecular formula is C18H22N2O5S. The molecule has 2 N–H and O–H groups in total. The fourth-order valence-corrected chi connectivity index (χ4v) is 3.78. The number of hydrogen-bond acceptors (Lipinski definition) is 5. The van der Waals surface area contributed by atoms with Crippen molar-refractivity contribution in [2.45, 2.75) is 24.8 Å². The zero-order chi connectivity index (χ0) is 19.3. The number of carbonyl (C=O) groups is 1. The highest BCUT2D eigenvalue weighted by atomic mass is 32.2. The van der Waals surface area contributed by atoms with Gasteiger partial charge in [-0.1, -0.05) is 18.2 Å². The first-order valence-electron chi connectivity index (χ1n) is 7.89. The number of anilines is 1. The number of benzene rings is 2. The van der Waals surface area contributed by atoms with Crippen LogP contribution in [-0.4, -0.2) is 28.5 Å². The zero-order valence-corrected chi connectivity index (χ0v) is 15.9. The van der Waals surface area contributed by atoms with E-state index in [1.54, 1.807) is 19.1 Å². The summed E-state index contributed by atoms with van der Waals surface area (Å²) in [6.45, 7) is 3.07. The Kier molecular flexibility index (Phi) is 6.23. The van der Waals surface area contributed by atoms with Crippen LogP contribution >= 0.6 is 0 Å². The van der Waals surface area contributed by atoms with E-state index in [2.05, 4.69) is 10.0 Å². The van der Waals surface area contributed by atoms with E-state index in [1.165, 1.54) is 39.3 Å². The van der Waals surface area contributed by atoms with Crippen LogP contribution in [0.1, 0.15) is 25.5 Å². The number of hydrogen-bond donors (Lipinski definition) is 2. The molecule has 1 unspecified atom stereocenters. The Morgan fingerprint density at radius 2 is 1.69 bits per heavy atom. The maximum absolute atomic E-state index is 12.7. The van der Waals surface area contributed by atoms with Gasteiger partial charge in [-0.3, -0.25) is 4.79 Å². The van der Waals surface area contributed by atoms with Crippen molar-refractivity contribution in [3.8, 4) is 11.5 Å². The van der Waals surface area contributed by atoms with Crippen LogP contribution < -0.4 is 19.5 Å². The summed E-state index contributed by atoms with van der Waals surface area (Å²) in [6, 6.07) is 10.9. The van der Waals surface area contributed by atoms with Gasteiger partial charge >= 0.3 is 0 Å². The molecule has 0 saturated heterocycles. The first kappa shape index (κ1) is 19.7. The molecule has 140 valence electrons. The van der Waals surface area contributed by atoms with Gasteiger partial charge in [0.1, 0.15) is 11.5 Å². The second-order valence-corrected chi connectivity index (χ2v) is 7.34. The van der Waals surface area contributed by atoms with Crippen molar-refractivity contribution in [3.63, 3.8) is 0 Å². The maximum atomic E-state index is 12.7. The SMILES string of the molecule is COc1ccc(S(=O)(=O)NC(C)c2ccccc2OC)cc1NC(C)=O. The van der Waals surface area contributed by atoms with Crippen LogP contribution in [-0.2, 0) is 14.8 Å². The Labute approximate surface area is 153 Å². The quantitative estimate of drug-likeness (QED) is 0.773. The highest BCUT2D eigenvalue weighted by Crippen LogP contribution is 2.29. The molecule has 1 amide bonds. The lowest BCUT2D eigenvalue weighted by molar-refractivity contribution is -0.114. The Morgan fingerprint density at radius 1 is 1.04 bits per heavy atom. The highest BCUT2D eigenvalue weighted by molar-refractivity contribution is 7.89. The summed E-state index contributed by atoms with van der Waals surface area (Å²) in [7, 11) is -0.856. The van der Waals surface area contributed by atoms with Gasteiger partial charge in [-0.2, -0.15) is 0 Å². The molecule has 2 rings (SSSR count). The third kappa shape index (κ3) is 4.53. The summed E-state index contributed by atoms with van der Waals surface area (Å²) in [5.41, 5.74) is 1.00. The molecule has 1 atom stereocenters. The van der Waals surface area contributed by atoms with Crippen LogP contribution in [0.15, 0.2) is 47.4 Å². The van der Waals surface area contributed by atoms with Gasteiger partial charge in [-0.15, -0.1) is 0 Å². The van der Waals surface area contributed by atoms with Gasteiger partial charge in [-0.05, 0) is 31.2 Å². The summed E-state index contributed by atoms with van der Waals surface area (Å²) in [5.74, 6) is 0.640. The van der Waals surface area contributed by atoms with Gasteiger partial charge < -0.3 is 14.8 Å². The van der Waals surface area contributed by atoms with Crippen molar-refractivity contribution in [3.05, 3.63) is 48.0 Å². The molecule has 26 heavy (non-hydrogen) atoms. The van der Waals surface area contributed by atoms with Crippen LogP contribution in [0.25, 0.3) is 0 Å². The summed E-state index contributed by atoms with van der Waals surface area (Å²) in [4.78, 5) is 11.3. The van der Waals surface area contributed by atoms with E-state index in [1.807, 2.05) is 12.1 Å². The lowest BCUT2D eigenvalue weighted by atomic mass is 10.1. The van der Waals surface area contributed by atoms with Crippen molar-refractivity contribution in [1.29, 1.82) is 0 Å². The van der Waals surface area contributed by atoms with Crippen molar-refractivity contribution in [2.75, 3.05) is 19.5 Å². The average Bonchev–Trinajstić information content (AvgIpc) is 2.60. The molecule has 0 fully saturated rings. The van der Waals surface area contributed by atoms with Crippen LogP contribution in [0.3, 0.4) is 0 Å². The van der Waals surface area contributed by atoms with Crippen LogP contribution in [0.2, 0.25) is 0 Å².